The second-order valence-corrected chi connectivity index (χ2v) is 7.84. The van der Waals surface area contributed by atoms with Crippen molar-refractivity contribution in [2.75, 3.05) is 13.2 Å². The summed E-state index contributed by atoms with van der Waals surface area (Å²) in [5.41, 5.74) is 1.44. The minimum absolute atomic E-state index is 0.0574. The molecule has 0 aliphatic carbocycles. The Morgan fingerprint density at radius 2 is 1.91 bits per heavy atom. The first kappa shape index (κ1) is 17.0. The van der Waals surface area contributed by atoms with Crippen LogP contribution in [0.15, 0.2) is 54.9 Å². The molecule has 2 aliphatic rings. The fraction of sp³-hybridized carbons (Fsp3) is 0.208. The van der Waals surface area contributed by atoms with E-state index in [0.29, 0.717) is 24.3 Å². The van der Waals surface area contributed by atoms with Crippen molar-refractivity contribution in [3.8, 4) is 11.1 Å². The van der Waals surface area contributed by atoms with Crippen LogP contribution >= 0.6 is 0 Å². The average molecular weight is 434 g/mol. The summed E-state index contributed by atoms with van der Waals surface area (Å²) in [5, 5.41) is 5.19. The van der Waals surface area contributed by atoms with Gasteiger partial charge in [0.1, 0.15) is 11.6 Å². The third-order valence-corrected chi connectivity index (χ3v) is 5.90. The van der Waals surface area contributed by atoms with Crippen molar-refractivity contribution in [3.63, 3.8) is 0 Å². The summed E-state index contributed by atoms with van der Waals surface area (Å²) in [7, 11) is 0. The number of carbonyl (C=O) groups excluding carboxylic acids is 1. The van der Waals surface area contributed by atoms with Crippen LogP contribution in [0.25, 0.3) is 22.0 Å². The number of carbonyl (C=O) groups is 1. The molecule has 0 unspecified atom stereocenters. The molecule has 8 heteroatoms. The molecular formula is C24H18F2N4O2. The highest BCUT2D eigenvalue weighted by molar-refractivity contribution is 5.98. The molecule has 0 bridgehead atoms. The number of hydrogen-bond acceptors (Lipinski definition) is 4. The van der Waals surface area contributed by atoms with E-state index in [9.17, 15) is 4.79 Å². The van der Waals surface area contributed by atoms with E-state index in [1.54, 1.807) is 18.3 Å². The number of rotatable bonds is 4. The van der Waals surface area contributed by atoms with Gasteiger partial charge in [-0.05, 0) is 41.5 Å². The molecule has 2 aromatic carbocycles. The van der Waals surface area contributed by atoms with Crippen LogP contribution in [0, 0.1) is 11.6 Å². The first-order valence-electron chi connectivity index (χ1n) is 11.2. The van der Waals surface area contributed by atoms with E-state index in [1.807, 2.05) is 10.7 Å². The van der Waals surface area contributed by atoms with Crippen LogP contribution in [0.1, 0.15) is 30.4 Å². The van der Waals surface area contributed by atoms with E-state index in [4.69, 9.17) is 7.48 Å². The molecule has 2 aliphatic heterocycles. The summed E-state index contributed by atoms with van der Waals surface area (Å²) in [5.74, 6) is -2.38. The lowest BCUT2D eigenvalue weighted by Gasteiger charge is -2.26. The van der Waals surface area contributed by atoms with Gasteiger partial charge in [-0.2, -0.15) is 5.10 Å². The Balaban J connectivity index is 1.37. The number of ether oxygens (including phenoxy) is 1. The summed E-state index contributed by atoms with van der Waals surface area (Å²) < 4.78 is 54.1. The monoisotopic (exact) mass is 434 g/mol. The van der Waals surface area contributed by atoms with Gasteiger partial charge < -0.3 is 9.64 Å². The van der Waals surface area contributed by atoms with E-state index < -0.39 is 30.6 Å². The maximum Gasteiger partial charge on any atom is 0.256 e. The molecule has 1 saturated heterocycles. The average Bonchev–Trinajstić information content (AvgIpc) is 3.28. The zero-order valence-electron chi connectivity index (χ0n) is 18.8. The van der Waals surface area contributed by atoms with E-state index in [2.05, 4.69) is 10.1 Å². The topological polar surface area (TPSA) is 60.2 Å². The standard InChI is InChI=1S/C24H18F2N4O2/c25-20-7-14(16-3-1-5-23-18(16)9-28-30(23)15-12-32-13-15)8-21(26)19(20)10-29-11-22-17(24(29)31)4-2-6-27-22/h1-9,15H,10-13H2/i11D2. The predicted molar refractivity (Wildman–Crippen MR) is 113 cm³/mol. The van der Waals surface area contributed by atoms with Gasteiger partial charge in [0.25, 0.3) is 5.91 Å². The number of benzene rings is 2. The van der Waals surface area contributed by atoms with Gasteiger partial charge in [-0.3, -0.25) is 14.5 Å². The highest BCUT2D eigenvalue weighted by atomic mass is 19.1. The summed E-state index contributed by atoms with van der Waals surface area (Å²) >= 11 is 0. The summed E-state index contributed by atoms with van der Waals surface area (Å²) in [6.07, 6.45) is 3.05. The largest absolute Gasteiger partial charge is 0.377 e. The molecule has 4 aromatic rings. The predicted octanol–water partition coefficient (Wildman–Crippen LogP) is 4.10. The van der Waals surface area contributed by atoms with Crippen LogP contribution in [0.4, 0.5) is 8.78 Å². The Labute approximate surface area is 184 Å². The smallest absolute Gasteiger partial charge is 0.256 e. The minimum atomic E-state index is -2.28. The lowest BCUT2D eigenvalue weighted by molar-refractivity contribution is -0.0266. The minimum Gasteiger partial charge on any atom is -0.377 e. The number of fused-ring (bicyclic) bond motifs is 2. The van der Waals surface area contributed by atoms with Crippen molar-refractivity contribution >= 4 is 16.8 Å². The number of amides is 1. The van der Waals surface area contributed by atoms with Crippen LogP contribution in [0.5, 0.6) is 0 Å². The van der Waals surface area contributed by atoms with E-state index in [0.717, 1.165) is 15.8 Å². The quantitative estimate of drug-likeness (QED) is 0.485. The fourth-order valence-electron chi connectivity index (χ4n) is 4.15. The Morgan fingerprint density at radius 3 is 2.62 bits per heavy atom. The zero-order chi connectivity index (χ0) is 23.6. The number of hydrogen-bond donors (Lipinski definition) is 0. The van der Waals surface area contributed by atoms with Gasteiger partial charge in [-0.1, -0.05) is 12.1 Å². The van der Waals surface area contributed by atoms with Crippen LogP contribution in [-0.2, 0) is 17.8 Å². The maximum absolute atomic E-state index is 15.2. The second kappa shape index (κ2) is 7.20. The van der Waals surface area contributed by atoms with Crippen molar-refractivity contribution in [1.82, 2.24) is 19.7 Å². The third-order valence-electron chi connectivity index (χ3n) is 5.90. The first-order chi connectivity index (χ1) is 16.4. The van der Waals surface area contributed by atoms with Crippen LogP contribution in [0.2, 0.25) is 0 Å². The van der Waals surface area contributed by atoms with Crippen LogP contribution < -0.4 is 0 Å². The second-order valence-electron chi connectivity index (χ2n) is 7.84. The van der Waals surface area contributed by atoms with Crippen molar-refractivity contribution in [2.24, 2.45) is 0 Å². The molecular weight excluding hydrogens is 414 g/mol. The molecule has 0 saturated carbocycles. The molecule has 6 rings (SSSR count). The highest BCUT2D eigenvalue weighted by Gasteiger charge is 2.30. The van der Waals surface area contributed by atoms with Gasteiger partial charge in [0.2, 0.25) is 0 Å². The Bertz CT molecular complexity index is 1450. The summed E-state index contributed by atoms with van der Waals surface area (Å²) in [6.45, 7) is -1.71. The van der Waals surface area contributed by atoms with Gasteiger partial charge in [0.15, 0.2) is 0 Å². The molecule has 1 amide bonds. The number of pyridine rings is 1. The molecule has 1 fully saturated rings. The van der Waals surface area contributed by atoms with E-state index >= 15 is 8.78 Å². The van der Waals surface area contributed by atoms with E-state index in [1.165, 1.54) is 30.5 Å². The molecule has 0 radical (unpaired) electrons. The van der Waals surface area contributed by atoms with Crippen molar-refractivity contribution in [1.29, 1.82) is 0 Å². The Kier molecular flexibility index (Phi) is 3.82. The number of aromatic nitrogens is 3. The third kappa shape index (κ3) is 2.90. The Morgan fingerprint density at radius 1 is 1.12 bits per heavy atom. The van der Waals surface area contributed by atoms with Crippen LogP contribution in [0.3, 0.4) is 0 Å². The zero-order valence-corrected chi connectivity index (χ0v) is 16.8. The van der Waals surface area contributed by atoms with Gasteiger partial charge in [0, 0.05) is 17.1 Å². The summed E-state index contributed by atoms with van der Waals surface area (Å²) in [4.78, 5) is 17.5. The fourth-order valence-corrected chi connectivity index (χ4v) is 4.15. The van der Waals surface area contributed by atoms with Crippen molar-refractivity contribution < 1.29 is 21.1 Å². The number of halogens is 2. The normalized spacial score (nSPS) is 18.4. The molecule has 6 nitrogen and oxygen atoms in total. The Hall–Kier alpha value is -3.65. The molecule has 0 N–H and O–H groups in total. The highest BCUT2D eigenvalue weighted by Crippen LogP contribution is 2.33. The maximum atomic E-state index is 15.2. The van der Waals surface area contributed by atoms with Gasteiger partial charge in [-0.15, -0.1) is 0 Å². The lowest BCUT2D eigenvalue weighted by Crippen LogP contribution is -2.31. The van der Waals surface area contributed by atoms with Crippen LogP contribution in [-0.4, -0.2) is 38.8 Å². The van der Waals surface area contributed by atoms with Crippen molar-refractivity contribution in [2.45, 2.75) is 19.1 Å². The lowest BCUT2D eigenvalue weighted by atomic mass is 9.99. The summed E-state index contributed by atoms with van der Waals surface area (Å²) in [6, 6.07) is 11.0. The first-order valence-corrected chi connectivity index (χ1v) is 10.2. The molecule has 32 heavy (non-hydrogen) atoms. The molecule has 0 atom stereocenters. The molecule has 0 spiro atoms. The molecule has 160 valence electrons. The van der Waals surface area contributed by atoms with Gasteiger partial charge >= 0.3 is 0 Å². The molecule has 2 aromatic heterocycles. The van der Waals surface area contributed by atoms with Crippen molar-refractivity contribution in [3.05, 3.63) is 83.3 Å². The van der Waals surface area contributed by atoms with Gasteiger partial charge in [-0.25, -0.2) is 8.78 Å². The molecule has 4 heterocycles. The number of nitrogens with zero attached hydrogens (tertiary/aromatic N) is 4. The van der Waals surface area contributed by atoms with Gasteiger partial charge in [0.05, 0.1) is 58.0 Å². The van der Waals surface area contributed by atoms with E-state index in [-0.39, 0.29) is 22.9 Å². The SMILES string of the molecule is [2H]C1([2H])c2ncccc2C(=O)N1Cc1c(F)cc(-c2cccc3c2cnn3C2COC2)cc1F.